The third-order valence-electron chi connectivity index (χ3n) is 12.0. The molecule has 3 N–H and O–H groups in total. The number of alkyl carbamates (subject to hydrolysis) is 2. The fraction of sp³-hybridized carbons (Fsp3) is 0.619. The monoisotopic (exact) mass is 809 g/mol. The van der Waals surface area contributed by atoms with Gasteiger partial charge in [-0.3, -0.25) is 19.7 Å². The molecule has 2 aromatic rings. The maximum Gasteiger partial charge on any atom is 0.411 e. The van der Waals surface area contributed by atoms with Crippen molar-refractivity contribution in [2.24, 2.45) is 23.7 Å². The number of nitrogens with zero attached hydrogens (tertiary/aromatic N) is 3. The van der Waals surface area contributed by atoms with E-state index in [1.165, 1.54) is 13.1 Å². The lowest BCUT2D eigenvalue weighted by Crippen LogP contribution is -2.60. The number of hydrogen-bond donors (Lipinski definition) is 3. The normalized spacial score (nSPS) is 36.4. The highest BCUT2D eigenvalue weighted by Gasteiger charge is 2.57. The van der Waals surface area contributed by atoms with Gasteiger partial charge < -0.3 is 43.6 Å². The molecule has 2 amide bonds. The molecule has 1 aromatic heterocycles. The number of aliphatic hydroxyl groups is 1. The first-order chi connectivity index (χ1) is 27.3. The van der Waals surface area contributed by atoms with E-state index in [4.69, 9.17) is 23.7 Å². The Balaban J connectivity index is 1.52. The minimum atomic E-state index is -1.76. The first kappa shape index (κ1) is 44.5. The Bertz CT molecular complexity index is 1820. The number of carbonyl (C=O) groups is 5. The highest BCUT2D eigenvalue weighted by Crippen LogP contribution is 2.40. The number of aromatic nitrogens is 2. The van der Waals surface area contributed by atoms with Crippen molar-refractivity contribution in [2.45, 2.75) is 129 Å². The molecule has 0 aliphatic carbocycles. The molecule has 5 rings (SSSR count). The summed E-state index contributed by atoms with van der Waals surface area (Å²) in [5, 5.41) is 16.9. The summed E-state index contributed by atoms with van der Waals surface area (Å²) in [6, 6.07) is 6.22. The number of Topliss-reactive ketones (excluding diaryl/α,β-unsaturated/α-hetero) is 2. The first-order valence-electron chi connectivity index (χ1n) is 20.0. The number of imidazole rings is 1. The molecule has 16 nitrogen and oxygen atoms in total. The molecule has 1 unspecified atom stereocenters. The Hall–Kier alpha value is -4.64. The number of likely N-dealkylation sites (N-methyl/N-ethyl adjacent to an activating group) is 1. The number of fused-ring (bicyclic) bond motifs is 1. The number of rotatable bonds is 8. The molecule has 16 heteroatoms. The average Bonchev–Trinajstić information content (AvgIpc) is 3.83. The van der Waals surface area contributed by atoms with Gasteiger partial charge in [-0.2, -0.15) is 0 Å². The van der Waals surface area contributed by atoms with Crippen LogP contribution in [0.15, 0.2) is 49.2 Å². The number of cyclic esters (lactones) is 1. The standard InChI is InChI=1S/C42H59N5O11/c1-11-31-42(8)35(45-40(53)58-42)25(4)32(48)23(2)21-41(7,57-39(52)44-17-16-28-12-14-29(15-13-28)47-19-18-43-22-47)36(26(5)33(49)27(6)37(51)55-31)56-38-34(50)30(46(9)10)20-24(3)54-38/h12-19,22-27,30-31,34-36,38,50H,11,20-21H2,1-10H3,(H,44,52)(H,45,53)/b17-16+/t23-,24-,25+,26+,27?,30+,31-,34-,35-,36-,38+,41-,42-/m1/s1. The molecule has 0 radical (unpaired) electrons. The van der Waals surface area contributed by atoms with Crippen molar-refractivity contribution < 1.29 is 52.8 Å². The first-order valence-corrected chi connectivity index (χ1v) is 20.0. The Morgan fingerprint density at radius 1 is 1.07 bits per heavy atom. The van der Waals surface area contributed by atoms with E-state index < -0.39 is 89.5 Å². The van der Waals surface area contributed by atoms with Crippen molar-refractivity contribution in [3.63, 3.8) is 0 Å². The predicted octanol–water partition coefficient (Wildman–Crippen LogP) is 4.41. The number of carbonyl (C=O) groups excluding carboxylic acids is 5. The van der Waals surface area contributed by atoms with Crippen LogP contribution >= 0.6 is 0 Å². The summed E-state index contributed by atoms with van der Waals surface area (Å²) >= 11 is 0. The van der Waals surface area contributed by atoms with E-state index in [9.17, 15) is 29.1 Å². The predicted molar refractivity (Wildman–Crippen MR) is 211 cm³/mol. The molecule has 0 saturated carbocycles. The number of ketones is 2. The van der Waals surface area contributed by atoms with Gasteiger partial charge >= 0.3 is 18.2 Å². The molecule has 0 spiro atoms. The van der Waals surface area contributed by atoms with Crippen LogP contribution in [0.25, 0.3) is 11.8 Å². The summed E-state index contributed by atoms with van der Waals surface area (Å²) in [4.78, 5) is 75.1. The Kier molecular flexibility index (Phi) is 13.9. The molecule has 3 saturated heterocycles. The Labute approximate surface area is 339 Å². The highest BCUT2D eigenvalue weighted by atomic mass is 16.7. The largest absolute Gasteiger partial charge is 0.458 e. The fourth-order valence-electron chi connectivity index (χ4n) is 8.70. The zero-order valence-corrected chi connectivity index (χ0v) is 35.0. The van der Waals surface area contributed by atoms with Gasteiger partial charge in [0.15, 0.2) is 17.7 Å². The van der Waals surface area contributed by atoms with Gasteiger partial charge in [-0.25, -0.2) is 14.6 Å². The molecular formula is C42H59N5O11. The van der Waals surface area contributed by atoms with Crippen LogP contribution in [0.2, 0.25) is 0 Å². The molecule has 1 aromatic carbocycles. The molecule has 3 aliphatic rings. The lowest BCUT2D eigenvalue weighted by Gasteiger charge is -2.47. The van der Waals surface area contributed by atoms with Crippen LogP contribution in [0, 0.1) is 23.7 Å². The molecule has 3 aliphatic heterocycles. The van der Waals surface area contributed by atoms with Crippen molar-refractivity contribution in [2.75, 3.05) is 14.1 Å². The van der Waals surface area contributed by atoms with Crippen LogP contribution in [-0.4, -0.2) is 117 Å². The lowest BCUT2D eigenvalue weighted by molar-refractivity contribution is -0.292. The number of amides is 2. The minimum Gasteiger partial charge on any atom is -0.458 e. The summed E-state index contributed by atoms with van der Waals surface area (Å²) in [5.74, 6) is -5.99. The van der Waals surface area contributed by atoms with Gasteiger partial charge in [0.1, 0.15) is 35.6 Å². The summed E-state index contributed by atoms with van der Waals surface area (Å²) < 4.78 is 32.5. The zero-order valence-electron chi connectivity index (χ0n) is 35.0. The topological polar surface area (TPSA) is 197 Å². The molecule has 3 fully saturated rings. The maximum atomic E-state index is 14.4. The van der Waals surface area contributed by atoms with E-state index in [1.54, 1.807) is 60.1 Å². The molecule has 4 heterocycles. The van der Waals surface area contributed by atoms with E-state index in [2.05, 4.69) is 15.6 Å². The van der Waals surface area contributed by atoms with E-state index in [0.29, 0.717) is 6.42 Å². The van der Waals surface area contributed by atoms with E-state index >= 15 is 0 Å². The number of aliphatic hydroxyl groups excluding tert-OH is 1. The number of esters is 1. The molecule has 0 bridgehead atoms. The van der Waals surface area contributed by atoms with Crippen LogP contribution in [-0.2, 0) is 38.1 Å². The molecule has 13 atom stereocenters. The van der Waals surface area contributed by atoms with E-state index in [-0.39, 0.29) is 30.8 Å². The van der Waals surface area contributed by atoms with E-state index in [0.717, 1.165) is 11.3 Å². The van der Waals surface area contributed by atoms with Crippen molar-refractivity contribution in [3.8, 4) is 5.69 Å². The molecule has 58 heavy (non-hydrogen) atoms. The van der Waals surface area contributed by atoms with Gasteiger partial charge in [0.25, 0.3) is 0 Å². The Morgan fingerprint density at radius 3 is 2.38 bits per heavy atom. The van der Waals surface area contributed by atoms with Crippen LogP contribution in [0.5, 0.6) is 0 Å². The zero-order chi connectivity index (χ0) is 42.7. The van der Waals surface area contributed by atoms with Crippen molar-refractivity contribution >= 4 is 35.8 Å². The van der Waals surface area contributed by atoms with Crippen molar-refractivity contribution in [1.82, 2.24) is 25.1 Å². The van der Waals surface area contributed by atoms with Gasteiger partial charge in [-0.1, -0.05) is 39.8 Å². The summed E-state index contributed by atoms with van der Waals surface area (Å²) in [7, 11) is 3.65. The van der Waals surface area contributed by atoms with Crippen molar-refractivity contribution in [3.05, 3.63) is 54.7 Å². The van der Waals surface area contributed by atoms with Crippen LogP contribution in [0.3, 0.4) is 0 Å². The number of ether oxygens (including phenoxy) is 5. The van der Waals surface area contributed by atoms with Gasteiger partial charge in [0.05, 0.1) is 18.5 Å². The third kappa shape index (κ3) is 9.46. The van der Waals surface area contributed by atoms with Crippen LogP contribution < -0.4 is 10.6 Å². The Morgan fingerprint density at radius 2 is 1.76 bits per heavy atom. The fourth-order valence-corrected chi connectivity index (χ4v) is 8.70. The summed E-state index contributed by atoms with van der Waals surface area (Å²) in [6.45, 7) is 13.0. The highest BCUT2D eigenvalue weighted by molar-refractivity contribution is 6.00. The number of benzene rings is 1. The summed E-state index contributed by atoms with van der Waals surface area (Å²) in [5.41, 5.74) is -1.53. The SMILES string of the molecule is CC[C@H]1OC(=O)C(C)C(=O)[C@H](C)[C@@H](O[C@@H]2O[C@H](C)C[C@H](N(C)C)[C@H]2O)[C@](C)(OC(=O)N/C=C/c2ccc(-n3ccnc3)cc2)C[C@@H](C)C(=O)[C@H](C)[C@H]2NC(=O)O[C@@]21C. The van der Waals surface area contributed by atoms with Gasteiger partial charge in [-0.05, 0) is 84.8 Å². The minimum absolute atomic E-state index is 0.158. The second kappa shape index (κ2) is 18.1. The number of hydrogen-bond acceptors (Lipinski definition) is 13. The number of nitrogens with one attached hydrogen (secondary N) is 2. The quantitative estimate of drug-likeness (QED) is 0.193. The molecular weight excluding hydrogens is 750 g/mol. The van der Waals surface area contributed by atoms with Gasteiger partial charge in [0.2, 0.25) is 0 Å². The lowest BCUT2D eigenvalue weighted by atomic mass is 9.73. The van der Waals surface area contributed by atoms with E-state index in [1.807, 2.05) is 60.9 Å². The van der Waals surface area contributed by atoms with Crippen LogP contribution in [0.4, 0.5) is 9.59 Å². The summed E-state index contributed by atoms with van der Waals surface area (Å²) in [6.07, 6.45) is 1.96. The molecule has 318 valence electrons. The van der Waals surface area contributed by atoms with Crippen molar-refractivity contribution in [1.29, 1.82) is 0 Å². The maximum absolute atomic E-state index is 14.4. The van der Waals surface area contributed by atoms with Gasteiger partial charge in [-0.15, -0.1) is 0 Å². The second-order valence-corrected chi connectivity index (χ2v) is 16.6. The smallest absolute Gasteiger partial charge is 0.411 e. The van der Waals surface area contributed by atoms with Gasteiger partial charge in [0, 0.05) is 48.1 Å². The average molecular weight is 810 g/mol. The second-order valence-electron chi connectivity index (χ2n) is 16.6. The third-order valence-corrected chi connectivity index (χ3v) is 12.0. The van der Waals surface area contributed by atoms with Crippen LogP contribution in [0.1, 0.15) is 80.2 Å².